The first-order chi connectivity index (χ1) is 15.0. The van der Waals surface area contributed by atoms with Gasteiger partial charge in [0, 0.05) is 31.2 Å². The summed E-state index contributed by atoms with van der Waals surface area (Å²) in [6.07, 6.45) is 4.27. The van der Waals surface area contributed by atoms with Crippen molar-refractivity contribution in [2.45, 2.75) is 39.3 Å². The Balaban J connectivity index is 1.41. The molecule has 6 heteroatoms. The summed E-state index contributed by atoms with van der Waals surface area (Å²) in [6, 6.07) is 17.5. The van der Waals surface area contributed by atoms with Gasteiger partial charge in [0.1, 0.15) is 5.82 Å². The molecule has 31 heavy (non-hydrogen) atoms. The summed E-state index contributed by atoms with van der Waals surface area (Å²) in [6.45, 7) is 6.44. The number of aliphatic hydroxyl groups is 1. The number of benzene rings is 2. The largest absolute Gasteiger partial charge is 0.387 e. The second kappa shape index (κ2) is 11.4. The van der Waals surface area contributed by atoms with Crippen LogP contribution in [0.5, 0.6) is 0 Å². The molecular weight excluding hydrogens is 388 g/mol. The second-order valence-electron chi connectivity index (χ2n) is 8.19. The molecule has 3 N–H and O–H groups in total. The molecule has 0 bridgehead atoms. The quantitative estimate of drug-likeness (QED) is 0.414. The Morgan fingerprint density at radius 3 is 2.55 bits per heavy atom. The van der Waals surface area contributed by atoms with Gasteiger partial charge in [-0.3, -0.25) is 4.79 Å². The molecule has 0 saturated carbocycles. The molecule has 164 valence electrons. The molecule has 1 atom stereocenters. The minimum absolute atomic E-state index is 0.0690. The lowest BCUT2D eigenvalue weighted by Crippen LogP contribution is -2.23. The van der Waals surface area contributed by atoms with Crippen LogP contribution in [0.4, 0.5) is 5.69 Å². The van der Waals surface area contributed by atoms with Crippen LogP contribution in [0, 0.1) is 5.92 Å². The molecule has 0 aliphatic heterocycles. The number of aromatic nitrogens is 2. The lowest BCUT2D eigenvalue weighted by molar-refractivity contribution is -0.115. The van der Waals surface area contributed by atoms with Crippen LogP contribution in [0.15, 0.2) is 67.0 Å². The zero-order valence-corrected chi connectivity index (χ0v) is 18.3. The number of carbonyl (C=O) groups is 1. The Kier molecular flexibility index (Phi) is 8.38. The van der Waals surface area contributed by atoms with Crippen molar-refractivity contribution < 1.29 is 9.90 Å². The Labute approximate surface area is 184 Å². The molecule has 6 nitrogen and oxygen atoms in total. The monoisotopic (exact) mass is 420 g/mol. The number of hydrogen-bond acceptors (Lipinski definition) is 4. The van der Waals surface area contributed by atoms with E-state index >= 15 is 0 Å². The highest BCUT2D eigenvalue weighted by molar-refractivity contribution is 5.91. The van der Waals surface area contributed by atoms with Gasteiger partial charge in [-0.1, -0.05) is 56.3 Å². The zero-order chi connectivity index (χ0) is 22.1. The van der Waals surface area contributed by atoms with E-state index in [-0.39, 0.29) is 12.3 Å². The highest BCUT2D eigenvalue weighted by Crippen LogP contribution is 2.13. The van der Waals surface area contributed by atoms with Crippen LogP contribution in [-0.2, 0) is 24.2 Å². The fraction of sp³-hybridized carbons (Fsp3) is 0.360. The van der Waals surface area contributed by atoms with Crippen molar-refractivity contribution in [3.05, 3.63) is 83.9 Å². The number of nitrogens with zero attached hydrogens (tertiary/aromatic N) is 2. The molecule has 0 unspecified atom stereocenters. The fourth-order valence-electron chi connectivity index (χ4n) is 3.43. The van der Waals surface area contributed by atoms with E-state index in [0.717, 1.165) is 36.6 Å². The Bertz CT molecular complexity index is 936. The van der Waals surface area contributed by atoms with Gasteiger partial charge in [-0.05, 0) is 42.1 Å². The van der Waals surface area contributed by atoms with Crippen LogP contribution in [-0.4, -0.2) is 33.7 Å². The molecule has 3 aromatic rings. The minimum Gasteiger partial charge on any atom is -0.387 e. The van der Waals surface area contributed by atoms with Crippen LogP contribution in [0.25, 0.3) is 0 Å². The number of imidazole rings is 1. The Morgan fingerprint density at radius 2 is 1.84 bits per heavy atom. The standard InChI is InChI=1S/C25H32N4O2/c1-19(2)18-29-15-14-27-24(29)16-25(31)28-22-10-8-20(9-11-22)12-13-26-17-23(30)21-6-4-3-5-7-21/h3-11,14-15,19,23,26,30H,12-13,16-18H2,1-2H3,(H,28,31)/t23-/m0/s1. The number of amides is 1. The summed E-state index contributed by atoms with van der Waals surface area (Å²) in [5, 5.41) is 16.4. The van der Waals surface area contributed by atoms with E-state index in [1.807, 2.05) is 65.4 Å². The molecule has 1 amide bonds. The normalized spacial score (nSPS) is 12.1. The van der Waals surface area contributed by atoms with Crippen molar-refractivity contribution in [1.29, 1.82) is 0 Å². The van der Waals surface area contributed by atoms with Crippen molar-refractivity contribution in [2.75, 3.05) is 18.4 Å². The lowest BCUT2D eigenvalue weighted by Gasteiger charge is -2.12. The maximum Gasteiger partial charge on any atom is 0.231 e. The van der Waals surface area contributed by atoms with E-state index < -0.39 is 6.10 Å². The zero-order valence-electron chi connectivity index (χ0n) is 18.3. The SMILES string of the molecule is CC(C)Cn1ccnc1CC(=O)Nc1ccc(CCNC[C@H](O)c2ccccc2)cc1. The van der Waals surface area contributed by atoms with E-state index in [2.05, 4.69) is 29.5 Å². The number of nitrogens with one attached hydrogen (secondary N) is 2. The maximum atomic E-state index is 12.4. The molecule has 0 aliphatic rings. The third-order valence-corrected chi connectivity index (χ3v) is 5.03. The first kappa shape index (κ1) is 22.7. The Morgan fingerprint density at radius 1 is 1.10 bits per heavy atom. The second-order valence-corrected chi connectivity index (χ2v) is 8.19. The summed E-state index contributed by atoms with van der Waals surface area (Å²) in [7, 11) is 0. The summed E-state index contributed by atoms with van der Waals surface area (Å²) in [4.78, 5) is 16.7. The van der Waals surface area contributed by atoms with Gasteiger partial charge in [-0.15, -0.1) is 0 Å². The highest BCUT2D eigenvalue weighted by Gasteiger charge is 2.11. The predicted octanol–water partition coefficient (Wildman–Crippen LogP) is 3.59. The Hall–Kier alpha value is -2.96. The summed E-state index contributed by atoms with van der Waals surface area (Å²) in [5.41, 5.74) is 2.87. The molecule has 3 rings (SSSR count). The van der Waals surface area contributed by atoms with Crippen LogP contribution in [0.3, 0.4) is 0 Å². The van der Waals surface area contributed by atoms with Crippen molar-refractivity contribution in [2.24, 2.45) is 5.92 Å². The smallest absolute Gasteiger partial charge is 0.231 e. The van der Waals surface area contributed by atoms with Gasteiger partial charge in [-0.2, -0.15) is 0 Å². The molecule has 0 radical (unpaired) electrons. The molecule has 1 aromatic heterocycles. The van der Waals surface area contributed by atoms with Gasteiger partial charge < -0.3 is 20.3 Å². The number of rotatable bonds is 11. The number of hydrogen-bond donors (Lipinski definition) is 3. The van der Waals surface area contributed by atoms with Crippen molar-refractivity contribution >= 4 is 11.6 Å². The van der Waals surface area contributed by atoms with Gasteiger partial charge in [0.05, 0.1) is 12.5 Å². The predicted molar refractivity (Wildman–Crippen MR) is 124 cm³/mol. The first-order valence-corrected chi connectivity index (χ1v) is 10.8. The van der Waals surface area contributed by atoms with Crippen LogP contribution in [0.2, 0.25) is 0 Å². The van der Waals surface area contributed by atoms with E-state index in [1.165, 1.54) is 5.56 Å². The van der Waals surface area contributed by atoms with Crippen molar-refractivity contribution in [3.8, 4) is 0 Å². The summed E-state index contributed by atoms with van der Waals surface area (Å²) in [5.74, 6) is 1.21. The van der Waals surface area contributed by atoms with Gasteiger partial charge in [0.2, 0.25) is 5.91 Å². The van der Waals surface area contributed by atoms with Gasteiger partial charge in [0.15, 0.2) is 0 Å². The summed E-state index contributed by atoms with van der Waals surface area (Å²) >= 11 is 0. The lowest BCUT2D eigenvalue weighted by atomic mass is 10.1. The van der Waals surface area contributed by atoms with Gasteiger partial charge in [0.25, 0.3) is 0 Å². The van der Waals surface area contributed by atoms with Gasteiger partial charge >= 0.3 is 0 Å². The fourth-order valence-corrected chi connectivity index (χ4v) is 3.43. The van der Waals surface area contributed by atoms with Crippen LogP contribution in [0.1, 0.15) is 36.9 Å². The van der Waals surface area contributed by atoms with E-state index in [1.54, 1.807) is 6.20 Å². The third kappa shape index (κ3) is 7.35. The number of anilines is 1. The van der Waals surface area contributed by atoms with E-state index in [9.17, 15) is 9.90 Å². The van der Waals surface area contributed by atoms with E-state index in [4.69, 9.17) is 0 Å². The minimum atomic E-state index is -0.505. The molecule has 0 spiro atoms. The van der Waals surface area contributed by atoms with Crippen molar-refractivity contribution in [1.82, 2.24) is 14.9 Å². The van der Waals surface area contributed by atoms with Crippen molar-refractivity contribution in [3.63, 3.8) is 0 Å². The van der Waals surface area contributed by atoms with Gasteiger partial charge in [-0.25, -0.2) is 4.98 Å². The molecule has 0 saturated heterocycles. The molecule has 2 aromatic carbocycles. The van der Waals surface area contributed by atoms with Crippen LogP contribution >= 0.6 is 0 Å². The molecule has 0 fully saturated rings. The first-order valence-electron chi connectivity index (χ1n) is 10.8. The third-order valence-electron chi connectivity index (χ3n) is 5.03. The average molecular weight is 421 g/mol. The summed E-state index contributed by atoms with van der Waals surface area (Å²) < 4.78 is 2.04. The number of carbonyl (C=O) groups excluding carboxylic acids is 1. The highest BCUT2D eigenvalue weighted by atomic mass is 16.3. The topological polar surface area (TPSA) is 79.2 Å². The van der Waals surface area contributed by atoms with E-state index in [0.29, 0.717) is 12.5 Å². The number of aliphatic hydroxyl groups excluding tert-OH is 1. The molecular formula is C25H32N4O2. The maximum absolute atomic E-state index is 12.4. The van der Waals surface area contributed by atoms with Crippen LogP contribution < -0.4 is 10.6 Å². The molecule has 0 aliphatic carbocycles. The average Bonchev–Trinajstić information content (AvgIpc) is 3.18. The molecule has 1 heterocycles.